The highest BCUT2D eigenvalue weighted by atomic mass is 35.5. The molecule has 2 fully saturated rings. The highest BCUT2D eigenvalue weighted by Crippen LogP contribution is 2.35. The number of halogens is 1. The molecule has 2 atom stereocenters. The van der Waals surface area contributed by atoms with E-state index in [-0.39, 0.29) is 17.7 Å². The zero-order valence-corrected chi connectivity index (χ0v) is 9.11. The van der Waals surface area contributed by atoms with Gasteiger partial charge in [0.15, 0.2) is 0 Å². The van der Waals surface area contributed by atoms with E-state index in [9.17, 15) is 9.59 Å². The number of aliphatic carboxylic acids is 1. The van der Waals surface area contributed by atoms with Crippen LogP contribution in [0.25, 0.3) is 0 Å². The van der Waals surface area contributed by atoms with E-state index in [1.165, 1.54) is 4.90 Å². The quantitative estimate of drug-likeness (QED) is 0.737. The van der Waals surface area contributed by atoms with Gasteiger partial charge in [0.1, 0.15) is 6.04 Å². The van der Waals surface area contributed by atoms with Gasteiger partial charge >= 0.3 is 5.97 Å². The summed E-state index contributed by atoms with van der Waals surface area (Å²) in [5.41, 5.74) is 0. The monoisotopic (exact) mass is 231 g/mol. The van der Waals surface area contributed by atoms with Gasteiger partial charge in [-0.3, -0.25) is 4.79 Å². The van der Waals surface area contributed by atoms with E-state index in [0.717, 1.165) is 12.8 Å². The first-order valence-electron chi connectivity index (χ1n) is 5.24. The van der Waals surface area contributed by atoms with Gasteiger partial charge in [0.2, 0.25) is 5.91 Å². The zero-order valence-electron chi connectivity index (χ0n) is 8.36. The van der Waals surface area contributed by atoms with Crippen molar-refractivity contribution in [1.29, 1.82) is 0 Å². The summed E-state index contributed by atoms with van der Waals surface area (Å²) < 4.78 is 0. The molecule has 5 heteroatoms. The van der Waals surface area contributed by atoms with Crippen molar-refractivity contribution < 1.29 is 14.7 Å². The van der Waals surface area contributed by atoms with Gasteiger partial charge in [0.05, 0.1) is 5.38 Å². The summed E-state index contributed by atoms with van der Waals surface area (Å²) in [4.78, 5) is 24.0. The molecule has 0 radical (unpaired) electrons. The van der Waals surface area contributed by atoms with E-state index in [1.54, 1.807) is 0 Å². The van der Waals surface area contributed by atoms with Gasteiger partial charge in [-0.2, -0.15) is 0 Å². The van der Waals surface area contributed by atoms with E-state index in [2.05, 4.69) is 0 Å². The Labute approximate surface area is 93.2 Å². The summed E-state index contributed by atoms with van der Waals surface area (Å²) in [6.45, 7) is 0.379. The predicted molar refractivity (Wildman–Crippen MR) is 54.7 cm³/mol. The fourth-order valence-electron chi connectivity index (χ4n) is 2.02. The smallest absolute Gasteiger partial charge is 0.326 e. The van der Waals surface area contributed by atoms with Gasteiger partial charge in [-0.05, 0) is 12.3 Å². The van der Waals surface area contributed by atoms with Crippen molar-refractivity contribution in [2.75, 3.05) is 6.54 Å². The van der Waals surface area contributed by atoms with Crippen molar-refractivity contribution in [2.45, 2.75) is 37.1 Å². The number of carbonyl (C=O) groups excluding carboxylic acids is 1. The van der Waals surface area contributed by atoms with Crippen LogP contribution in [0.1, 0.15) is 25.7 Å². The normalized spacial score (nSPS) is 28.2. The second kappa shape index (κ2) is 4.00. The van der Waals surface area contributed by atoms with Crippen LogP contribution in [0.15, 0.2) is 0 Å². The first kappa shape index (κ1) is 10.7. The molecule has 1 unspecified atom stereocenters. The molecule has 1 aliphatic heterocycles. The maximum absolute atomic E-state index is 11.5. The minimum atomic E-state index is -0.902. The average molecular weight is 232 g/mol. The Kier molecular flexibility index (Phi) is 2.87. The van der Waals surface area contributed by atoms with Crippen LogP contribution in [0.5, 0.6) is 0 Å². The molecule has 0 aromatic rings. The molecule has 1 amide bonds. The highest BCUT2D eigenvalue weighted by molar-refractivity contribution is 6.22. The second-order valence-corrected chi connectivity index (χ2v) is 5.00. The van der Waals surface area contributed by atoms with Crippen LogP contribution >= 0.6 is 11.6 Å². The highest BCUT2D eigenvalue weighted by Gasteiger charge is 2.39. The summed E-state index contributed by atoms with van der Waals surface area (Å²) in [6.07, 6.45) is 3.05. The number of carboxylic acids is 1. The number of carboxylic acid groups (broad SMARTS) is 1. The molecule has 1 aliphatic carbocycles. The number of likely N-dealkylation sites (tertiary alicyclic amines) is 1. The minimum absolute atomic E-state index is 0.122. The number of alkyl halides is 1. The molecule has 4 nitrogen and oxygen atoms in total. The molecule has 1 saturated heterocycles. The number of hydrogen-bond donors (Lipinski definition) is 1. The first-order chi connectivity index (χ1) is 7.08. The van der Waals surface area contributed by atoms with E-state index in [0.29, 0.717) is 18.9 Å². The number of rotatable bonds is 4. The molecule has 0 spiro atoms. The second-order valence-electron chi connectivity index (χ2n) is 4.38. The molecule has 1 heterocycles. The molecule has 2 rings (SSSR count). The van der Waals surface area contributed by atoms with Gasteiger partial charge in [0.25, 0.3) is 0 Å². The minimum Gasteiger partial charge on any atom is -0.480 e. The lowest BCUT2D eigenvalue weighted by Gasteiger charge is -2.24. The molecule has 0 aromatic carbocycles. The third-order valence-corrected chi connectivity index (χ3v) is 3.32. The third kappa shape index (κ3) is 2.43. The molecule has 1 saturated carbocycles. The zero-order chi connectivity index (χ0) is 11.0. The summed E-state index contributed by atoms with van der Waals surface area (Å²) in [5, 5.41) is 8.85. The van der Waals surface area contributed by atoms with Crippen molar-refractivity contribution in [3.05, 3.63) is 0 Å². The van der Waals surface area contributed by atoms with Crippen LogP contribution < -0.4 is 0 Å². The lowest BCUT2D eigenvalue weighted by Crippen LogP contribution is -2.42. The van der Waals surface area contributed by atoms with Crippen LogP contribution in [0.2, 0.25) is 0 Å². The Morgan fingerprint density at radius 1 is 1.60 bits per heavy atom. The summed E-state index contributed by atoms with van der Waals surface area (Å²) in [6, 6.07) is -0.659. The Balaban J connectivity index is 2.02. The maximum Gasteiger partial charge on any atom is 0.326 e. The predicted octanol–water partition coefficient (Wildman–Crippen LogP) is 1.08. The van der Waals surface area contributed by atoms with Gasteiger partial charge in [0, 0.05) is 13.0 Å². The topological polar surface area (TPSA) is 57.6 Å². The number of hydrogen-bond acceptors (Lipinski definition) is 2. The van der Waals surface area contributed by atoms with E-state index >= 15 is 0 Å². The fourth-order valence-corrected chi connectivity index (χ4v) is 2.30. The largest absolute Gasteiger partial charge is 0.480 e. The Bertz CT molecular complexity index is 290. The molecule has 2 aliphatic rings. The van der Waals surface area contributed by atoms with E-state index in [1.807, 2.05) is 0 Å². The summed E-state index contributed by atoms with van der Waals surface area (Å²) >= 11 is 5.85. The Morgan fingerprint density at radius 3 is 2.67 bits per heavy atom. The van der Waals surface area contributed by atoms with Gasteiger partial charge in [-0.25, -0.2) is 4.79 Å². The molecular weight excluding hydrogens is 218 g/mol. The van der Waals surface area contributed by atoms with Crippen LogP contribution in [0.4, 0.5) is 0 Å². The lowest BCUT2D eigenvalue weighted by molar-refractivity contribution is -0.148. The number of amides is 1. The van der Waals surface area contributed by atoms with Crippen molar-refractivity contribution in [2.24, 2.45) is 5.92 Å². The van der Waals surface area contributed by atoms with Crippen molar-refractivity contribution in [1.82, 2.24) is 4.90 Å². The first-order valence-corrected chi connectivity index (χ1v) is 5.68. The molecular formula is C10H14ClNO3. The van der Waals surface area contributed by atoms with Crippen LogP contribution in [0, 0.1) is 5.92 Å². The molecule has 15 heavy (non-hydrogen) atoms. The molecule has 1 N–H and O–H groups in total. The van der Waals surface area contributed by atoms with Crippen molar-refractivity contribution >= 4 is 23.5 Å². The Morgan fingerprint density at radius 2 is 2.27 bits per heavy atom. The SMILES string of the molecule is O=C(O)[C@H](CC1CC1)N1CC(Cl)CC1=O. The van der Waals surface area contributed by atoms with E-state index in [4.69, 9.17) is 16.7 Å². The van der Waals surface area contributed by atoms with Gasteiger partial charge in [-0.1, -0.05) is 12.8 Å². The molecule has 0 bridgehead atoms. The van der Waals surface area contributed by atoms with Crippen molar-refractivity contribution in [3.63, 3.8) is 0 Å². The summed E-state index contributed by atoms with van der Waals surface area (Å²) in [5.74, 6) is -0.530. The van der Waals surface area contributed by atoms with Crippen LogP contribution in [-0.4, -0.2) is 39.8 Å². The maximum atomic E-state index is 11.5. The van der Waals surface area contributed by atoms with Crippen molar-refractivity contribution in [3.8, 4) is 0 Å². The number of nitrogens with zero attached hydrogens (tertiary/aromatic N) is 1. The summed E-state index contributed by atoms with van der Waals surface area (Å²) in [7, 11) is 0. The van der Waals surface area contributed by atoms with E-state index < -0.39 is 12.0 Å². The van der Waals surface area contributed by atoms with Gasteiger partial charge < -0.3 is 10.0 Å². The van der Waals surface area contributed by atoms with Crippen LogP contribution in [0.3, 0.4) is 0 Å². The average Bonchev–Trinajstić information content (AvgIpc) is 2.88. The lowest BCUT2D eigenvalue weighted by atomic mass is 10.1. The standard InChI is InChI=1S/C10H14ClNO3/c11-7-4-9(13)12(5-7)8(10(14)15)3-6-1-2-6/h6-8H,1-5H2,(H,14,15)/t7?,8-/m0/s1. The fraction of sp³-hybridized carbons (Fsp3) is 0.800. The third-order valence-electron chi connectivity index (χ3n) is 3.03. The number of carbonyl (C=O) groups is 2. The molecule has 0 aromatic heterocycles. The molecule has 84 valence electrons. The van der Waals surface area contributed by atoms with Gasteiger partial charge in [-0.15, -0.1) is 11.6 Å². The van der Waals surface area contributed by atoms with Crippen LogP contribution in [-0.2, 0) is 9.59 Å². The Hall–Kier alpha value is -0.770.